The van der Waals surface area contributed by atoms with Gasteiger partial charge in [-0.05, 0) is 44.0 Å². The highest BCUT2D eigenvalue weighted by Gasteiger charge is 2.20. The van der Waals surface area contributed by atoms with Crippen LogP contribution < -0.4 is 15.4 Å². The van der Waals surface area contributed by atoms with Crippen molar-refractivity contribution in [3.63, 3.8) is 0 Å². The van der Waals surface area contributed by atoms with Crippen molar-refractivity contribution in [2.45, 2.75) is 49.8 Å². The molecule has 1 atom stereocenters. The third-order valence-electron chi connectivity index (χ3n) is 5.01. The van der Waals surface area contributed by atoms with E-state index in [1.807, 2.05) is 18.5 Å². The molecule has 9 heteroatoms. The maximum absolute atomic E-state index is 12.5. The number of hydrogen-bond acceptors (Lipinski definition) is 6. The molecule has 0 bridgehead atoms. The topological polar surface area (TPSA) is 98.1 Å². The zero-order valence-corrected chi connectivity index (χ0v) is 17.8. The van der Waals surface area contributed by atoms with Gasteiger partial charge in [-0.3, -0.25) is 9.59 Å². The predicted octanol–water partition coefficient (Wildman–Crippen LogP) is 2.47. The van der Waals surface area contributed by atoms with Crippen LogP contribution in [0.2, 0.25) is 0 Å². The Hall–Kier alpha value is -2.55. The number of thioether (sulfide) groups is 1. The van der Waals surface area contributed by atoms with Crippen molar-refractivity contribution in [1.29, 1.82) is 0 Å². The summed E-state index contributed by atoms with van der Waals surface area (Å²) in [5.41, 5.74) is 0.540. The molecule has 1 saturated carbocycles. The van der Waals surface area contributed by atoms with Crippen LogP contribution in [0, 0.1) is 0 Å². The maximum atomic E-state index is 12.5. The summed E-state index contributed by atoms with van der Waals surface area (Å²) in [6.45, 7) is 1.85. The molecule has 1 aromatic carbocycles. The van der Waals surface area contributed by atoms with Crippen LogP contribution in [0.1, 0.15) is 54.8 Å². The van der Waals surface area contributed by atoms with Gasteiger partial charge in [-0.1, -0.05) is 24.6 Å². The van der Waals surface area contributed by atoms with E-state index in [0.717, 1.165) is 12.8 Å². The average Bonchev–Trinajstić information content (AvgIpc) is 3.36. The fourth-order valence-corrected chi connectivity index (χ4v) is 4.11. The van der Waals surface area contributed by atoms with Crippen LogP contribution >= 0.6 is 11.8 Å². The lowest BCUT2D eigenvalue weighted by Crippen LogP contribution is -2.33. The minimum Gasteiger partial charge on any atom is -0.497 e. The number of ether oxygens (including phenoxy) is 1. The molecule has 8 nitrogen and oxygen atoms in total. The highest BCUT2D eigenvalue weighted by Crippen LogP contribution is 2.21. The first-order valence-electron chi connectivity index (χ1n) is 9.74. The van der Waals surface area contributed by atoms with Crippen LogP contribution in [0.5, 0.6) is 5.75 Å². The Morgan fingerprint density at radius 1 is 1.24 bits per heavy atom. The van der Waals surface area contributed by atoms with E-state index < -0.39 is 0 Å². The molecule has 0 saturated heterocycles. The molecule has 3 rings (SSSR count). The van der Waals surface area contributed by atoms with Crippen LogP contribution in [0.15, 0.2) is 29.4 Å². The Balaban J connectivity index is 1.54. The van der Waals surface area contributed by atoms with E-state index in [0.29, 0.717) is 34.1 Å². The molecule has 1 aromatic heterocycles. The van der Waals surface area contributed by atoms with Gasteiger partial charge in [0, 0.05) is 18.7 Å². The Kier molecular flexibility index (Phi) is 7.13. The second kappa shape index (κ2) is 9.78. The predicted molar refractivity (Wildman–Crippen MR) is 111 cm³/mol. The minimum atomic E-state index is -0.330. The summed E-state index contributed by atoms with van der Waals surface area (Å²) in [5, 5.41) is 15.0. The van der Waals surface area contributed by atoms with E-state index >= 15 is 0 Å². The van der Waals surface area contributed by atoms with E-state index in [-0.39, 0.29) is 17.9 Å². The Bertz CT molecular complexity index is 846. The molecular formula is C20H27N5O3S. The molecule has 2 aromatic rings. The molecule has 1 heterocycles. The molecule has 2 N–H and O–H groups in total. The number of amides is 2. The first-order chi connectivity index (χ1) is 14.0. The number of hydrogen-bond donors (Lipinski definition) is 2. The third-order valence-corrected chi connectivity index (χ3v) is 6.03. The fraction of sp³-hybridized carbons (Fsp3) is 0.500. The molecule has 2 amide bonds. The fourth-order valence-electron chi connectivity index (χ4n) is 3.39. The summed E-state index contributed by atoms with van der Waals surface area (Å²) in [5.74, 6) is 1.45. The standard InChI is InChI=1S/C20H27N5O3S/c1-13(21-19(27)14-8-10-16(28-3)11-9-14)18-23-24-20(25(18)2)29-12-17(26)22-15-6-4-5-7-15/h8-11,13,15H,4-7,12H2,1-3H3,(H,21,27)(H,22,26)/t13-/m1/s1. The number of aromatic nitrogens is 3. The monoisotopic (exact) mass is 417 g/mol. The van der Waals surface area contributed by atoms with Gasteiger partial charge in [-0.2, -0.15) is 0 Å². The quantitative estimate of drug-likeness (QED) is 0.641. The number of benzene rings is 1. The summed E-state index contributed by atoms with van der Waals surface area (Å²) < 4.78 is 6.92. The van der Waals surface area contributed by atoms with Gasteiger partial charge in [0.15, 0.2) is 11.0 Å². The molecule has 0 radical (unpaired) electrons. The first-order valence-corrected chi connectivity index (χ1v) is 10.7. The maximum Gasteiger partial charge on any atom is 0.251 e. The number of methoxy groups -OCH3 is 1. The summed E-state index contributed by atoms with van der Waals surface area (Å²) in [6, 6.07) is 6.89. The van der Waals surface area contributed by atoms with Crippen molar-refractivity contribution in [3.05, 3.63) is 35.7 Å². The second-order valence-corrected chi connectivity index (χ2v) is 8.10. The molecule has 1 aliphatic rings. The second-order valence-electron chi connectivity index (χ2n) is 7.16. The van der Waals surface area contributed by atoms with Crippen LogP contribution in [-0.4, -0.2) is 45.5 Å². The van der Waals surface area contributed by atoms with Gasteiger partial charge in [0.05, 0.1) is 18.9 Å². The number of nitrogens with zero attached hydrogens (tertiary/aromatic N) is 3. The first kappa shape index (κ1) is 21.2. The largest absolute Gasteiger partial charge is 0.497 e. The zero-order valence-electron chi connectivity index (χ0n) is 17.0. The lowest BCUT2D eigenvalue weighted by atomic mass is 10.2. The number of nitrogens with one attached hydrogen (secondary N) is 2. The number of rotatable bonds is 8. The lowest BCUT2D eigenvalue weighted by molar-refractivity contribution is -0.119. The van der Waals surface area contributed by atoms with Crippen molar-refractivity contribution in [2.24, 2.45) is 7.05 Å². The summed E-state index contributed by atoms with van der Waals surface area (Å²) >= 11 is 1.35. The molecule has 1 fully saturated rings. The molecule has 0 unspecified atom stereocenters. The SMILES string of the molecule is COc1ccc(C(=O)N[C@H](C)c2nnc(SCC(=O)NC3CCCC3)n2C)cc1. The van der Waals surface area contributed by atoms with Crippen molar-refractivity contribution in [3.8, 4) is 5.75 Å². The highest BCUT2D eigenvalue weighted by atomic mass is 32.2. The Morgan fingerprint density at radius 2 is 1.93 bits per heavy atom. The number of carbonyl (C=O) groups is 2. The Morgan fingerprint density at radius 3 is 2.59 bits per heavy atom. The van der Waals surface area contributed by atoms with E-state index in [1.54, 1.807) is 31.4 Å². The number of carbonyl (C=O) groups excluding carboxylic acids is 2. The van der Waals surface area contributed by atoms with Crippen LogP contribution in [-0.2, 0) is 11.8 Å². The van der Waals surface area contributed by atoms with E-state index in [1.165, 1.54) is 24.6 Å². The Labute approximate surface area is 174 Å². The van der Waals surface area contributed by atoms with E-state index in [9.17, 15) is 9.59 Å². The van der Waals surface area contributed by atoms with Crippen LogP contribution in [0.25, 0.3) is 0 Å². The summed E-state index contributed by atoms with van der Waals surface area (Å²) in [6.07, 6.45) is 4.50. The van der Waals surface area contributed by atoms with E-state index in [2.05, 4.69) is 20.8 Å². The van der Waals surface area contributed by atoms with Gasteiger partial charge in [0.25, 0.3) is 5.91 Å². The van der Waals surface area contributed by atoms with Gasteiger partial charge in [0.2, 0.25) is 5.91 Å². The van der Waals surface area contributed by atoms with Crippen LogP contribution in [0.4, 0.5) is 0 Å². The lowest BCUT2D eigenvalue weighted by Gasteiger charge is -2.14. The normalized spacial score (nSPS) is 15.1. The van der Waals surface area contributed by atoms with Crippen molar-refractivity contribution < 1.29 is 14.3 Å². The molecule has 1 aliphatic carbocycles. The molecule has 29 heavy (non-hydrogen) atoms. The average molecular weight is 418 g/mol. The molecule has 0 aliphatic heterocycles. The smallest absolute Gasteiger partial charge is 0.251 e. The van der Waals surface area contributed by atoms with Gasteiger partial charge < -0.3 is 19.9 Å². The van der Waals surface area contributed by atoms with Gasteiger partial charge in [0.1, 0.15) is 5.75 Å². The van der Waals surface area contributed by atoms with Gasteiger partial charge >= 0.3 is 0 Å². The third kappa shape index (κ3) is 5.50. The summed E-state index contributed by atoms with van der Waals surface area (Å²) in [4.78, 5) is 24.6. The highest BCUT2D eigenvalue weighted by molar-refractivity contribution is 7.99. The molecule has 0 spiro atoms. The molecule has 156 valence electrons. The van der Waals surface area contributed by atoms with Gasteiger partial charge in [-0.15, -0.1) is 10.2 Å². The molecular weight excluding hydrogens is 390 g/mol. The zero-order chi connectivity index (χ0) is 20.8. The van der Waals surface area contributed by atoms with Crippen LogP contribution in [0.3, 0.4) is 0 Å². The minimum absolute atomic E-state index is 0.0207. The van der Waals surface area contributed by atoms with Crippen molar-refractivity contribution >= 4 is 23.6 Å². The van der Waals surface area contributed by atoms with Crippen molar-refractivity contribution in [2.75, 3.05) is 12.9 Å². The van der Waals surface area contributed by atoms with Gasteiger partial charge in [-0.25, -0.2) is 0 Å². The summed E-state index contributed by atoms with van der Waals surface area (Å²) in [7, 11) is 3.42. The van der Waals surface area contributed by atoms with Crippen molar-refractivity contribution in [1.82, 2.24) is 25.4 Å². The van der Waals surface area contributed by atoms with E-state index in [4.69, 9.17) is 4.74 Å².